The van der Waals surface area contributed by atoms with Crippen LogP contribution in [0.15, 0.2) is 30.3 Å². The number of para-hydroxylation sites is 1. The predicted molar refractivity (Wildman–Crippen MR) is 72.6 cm³/mol. The molecular weight excluding hydrogens is 240 g/mol. The zero-order chi connectivity index (χ0) is 13.5. The number of carbonyl (C=O) groups excluding carboxylic acids is 1. The van der Waals surface area contributed by atoms with Crippen LogP contribution in [-0.2, 0) is 9.53 Å². The van der Waals surface area contributed by atoms with Crippen LogP contribution >= 0.6 is 0 Å². The molecule has 0 aromatic heterocycles. The fraction of sp³-hybridized carbons (Fsp3) is 0.438. The van der Waals surface area contributed by atoms with Gasteiger partial charge >= 0.3 is 5.97 Å². The highest BCUT2D eigenvalue weighted by Gasteiger charge is 2.23. The second kappa shape index (κ2) is 6.84. The summed E-state index contributed by atoms with van der Waals surface area (Å²) < 4.78 is 10.3. The van der Waals surface area contributed by atoms with E-state index in [-0.39, 0.29) is 0 Å². The van der Waals surface area contributed by atoms with Gasteiger partial charge in [0.1, 0.15) is 5.75 Å². The van der Waals surface area contributed by atoms with Crippen LogP contribution in [0.5, 0.6) is 5.75 Å². The van der Waals surface area contributed by atoms with Gasteiger partial charge in [0.25, 0.3) is 0 Å². The van der Waals surface area contributed by atoms with Gasteiger partial charge in [0.2, 0.25) is 0 Å². The zero-order valence-corrected chi connectivity index (χ0v) is 11.1. The molecule has 0 bridgehead atoms. The second-order valence-corrected chi connectivity index (χ2v) is 4.76. The maximum atomic E-state index is 10.9. The van der Waals surface area contributed by atoms with Crippen molar-refractivity contribution in [2.75, 3.05) is 13.7 Å². The predicted octanol–water partition coefficient (Wildman–Crippen LogP) is 2.66. The molecule has 2 rings (SSSR count). The Morgan fingerprint density at radius 2 is 2.11 bits per heavy atom. The fourth-order valence-electron chi connectivity index (χ4n) is 2.30. The van der Waals surface area contributed by atoms with E-state index in [0.29, 0.717) is 11.8 Å². The minimum absolute atomic E-state index is 0.295. The number of carbonyl (C=O) groups is 1. The molecule has 0 aliphatic heterocycles. The van der Waals surface area contributed by atoms with Gasteiger partial charge in [-0.25, -0.2) is 4.79 Å². The van der Waals surface area contributed by atoms with E-state index in [0.717, 1.165) is 31.6 Å². The summed E-state index contributed by atoms with van der Waals surface area (Å²) in [4.78, 5) is 10.9. The molecule has 3 heteroatoms. The Balaban J connectivity index is 1.76. The standard InChI is InChI=1S/C16H18O3/c1-18-16(17)10-9-13-7-8-14(11-13)12-19-15-5-3-2-4-6-15/h2-6,13-14H,7-8,11-12H2,1H3. The molecular formula is C16H18O3. The highest BCUT2D eigenvalue weighted by atomic mass is 16.5. The van der Waals surface area contributed by atoms with Gasteiger partial charge in [-0.1, -0.05) is 24.1 Å². The Morgan fingerprint density at radius 3 is 2.84 bits per heavy atom. The third kappa shape index (κ3) is 4.33. The van der Waals surface area contributed by atoms with Crippen molar-refractivity contribution in [3.63, 3.8) is 0 Å². The normalized spacial score (nSPS) is 21.3. The van der Waals surface area contributed by atoms with Gasteiger partial charge < -0.3 is 9.47 Å². The van der Waals surface area contributed by atoms with Crippen LogP contribution in [0, 0.1) is 23.7 Å². The molecule has 0 heterocycles. The number of benzene rings is 1. The molecule has 2 atom stereocenters. The second-order valence-electron chi connectivity index (χ2n) is 4.76. The summed E-state index contributed by atoms with van der Waals surface area (Å²) in [5, 5.41) is 0. The van der Waals surface area contributed by atoms with E-state index in [1.54, 1.807) is 0 Å². The highest BCUT2D eigenvalue weighted by molar-refractivity contribution is 5.88. The molecule has 0 radical (unpaired) electrons. The van der Waals surface area contributed by atoms with Gasteiger partial charge in [0.15, 0.2) is 0 Å². The van der Waals surface area contributed by atoms with Crippen molar-refractivity contribution in [1.29, 1.82) is 0 Å². The summed E-state index contributed by atoms with van der Waals surface area (Å²) in [6, 6.07) is 9.83. The Morgan fingerprint density at radius 1 is 1.32 bits per heavy atom. The van der Waals surface area contributed by atoms with Crippen LogP contribution in [0.2, 0.25) is 0 Å². The molecule has 1 aromatic carbocycles. The third-order valence-electron chi connectivity index (χ3n) is 3.33. The van der Waals surface area contributed by atoms with Crippen molar-refractivity contribution in [1.82, 2.24) is 0 Å². The Bertz CT molecular complexity index is 470. The van der Waals surface area contributed by atoms with Gasteiger partial charge in [0, 0.05) is 11.8 Å². The van der Waals surface area contributed by atoms with E-state index in [1.165, 1.54) is 7.11 Å². The molecule has 1 aliphatic carbocycles. The Hall–Kier alpha value is -1.95. The summed E-state index contributed by atoms with van der Waals surface area (Å²) in [5.41, 5.74) is 0. The minimum Gasteiger partial charge on any atom is -0.493 e. The monoisotopic (exact) mass is 258 g/mol. The molecule has 1 aromatic rings. The first-order chi connectivity index (χ1) is 9.28. The van der Waals surface area contributed by atoms with Crippen LogP contribution in [-0.4, -0.2) is 19.7 Å². The number of esters is 1. The summed E-state index contributed by atoms with van der Waals surface area (Å²) in [6.07, 6.45) is 3.14. The van der Waals surface area contributed by atoms with E-state index in [1.807, 2.05) is 30.3 Å². The number of hydrogen-bond donors (Lipinski definition) is 0. The lowest BCUT2D eigenvalue weighted by atomic mass is 10.1. The first-order valence-electron chi connectivity index (χ1n) is 6.55. The van der Waals surface area contributed by atoms with Gasteiger partial charge in [-0.2, -0.15) is 0 Å². The van der Waals surface area contributed by atoms with Gasteiger partial charge in [0.05, 0.1) is 13.7 Å². The first-order valence-corrected chi connectivity index (χ1v) is 6.55. The molecule has 0 saturated heterocycles. The lowest BCUT2D eigenvalue weighted by Crippen LogP contribution is -2.08. The minimum atomic E-state index is -0.455. The van der Waals surface area contributed by atoms with Crippen LogP contribution in [0.1, 0.15) is 19.3 Å². The summed E-state index contributed by atoms with van der Waals surface area (Å²) in [7, 11) is 1.35. The maximum absolute atomic E-state index is 10.9. The molecule has 2 unspecified atom stereocenters. The van der Waals surface area contributed by atoms with Crippen molar-refractivity contribution in [3.05, 3.63) is 30.3 Å². The van der Waals surface area contributed by atoms with E-state index < -0.39 is 5.97 Å². The number of rotatable bonds is 3. The van der Waals surface area contributed by atoms with Crippen LogP contribution in [0.3, 0.4) is 0 Å². The van der Waals surface area contributed by atoms with Gasteiger partial charge in [-0.3, -0.25) is 0 Å². The van der Waals surface area contributed by atoms with E-state index in [4.69, 9.17) is 4.74 Å². The summed E-state index contributed by atoms with van der Waals surface area (Å²) >= 11 is 0. The van der Waals surface area contributed by atoms with Crippen molar-refractivity contribution >= 4 is 5.97 Å². The van der Waals surface area contributed by atoms with Crippen LogP contribution in [0.4, 0.5) is 0 Å². The van der Waals surface area contributed by atoms with Gasteiger partial charge in [-0.05, 0) is 37.3 Å². The molecule has 0 N–H and O–H groups in total. The van der Waals surface area contributed by atoms with E-state index in [9.17, 15) is 4.79 Å². The van der Waals surface area contributed by atoms with E-state index in [2.05, 4.69) is 16.6 Å². The maximum Gasteiger partial charge on any atom is 0.384 e. The highest BCUT2D eigenvalue weighted by Crippen LogP contribution is 2.30. The smallest absolute Gasteiger partial charge is 0.384 e. The van der Waals surface area contributed by atoms with Crippen molar-refractivity contribution in [2.45, 2.75) is 19.3 Å². The largest absolute Gasteiger partial charge is 0.493 e. The van der Waals surface area contributed by atoms with Crippen molar-refractivity contribution in [3.8, 4) is 17.6 Å². The van der Waals surface area contributed by atoms with Crippen LogP contribution in [0.25, 0.3) is 0 Å². The molecule has 0 spiro atoms. The topological polar surface area (TPSA) is 35.5 Å². The van der Waals surface area contributed by atoms with Crippen LogP contribution < -0.4 is 4.74 Å². The molecule has 0 amide bonds. The number of methoxy groups -OCH3 is 1. The average Bonchev–Trinajstić information content (AvgIpc) is 2.91. The lowest BCUT2D eigenvalue weighted by molar-refractivity contribution is -0.133. The summed E-state index contributed by atoms with van der Waals surface area (Å²) in [6.45, 7) is 0.723. The SMILES string of the molecule is COC(=O)C#CC1CCC(COc2ccccc2)C1. The molecule has 1 aliphatic rings. The molecule has 19 heavy (non-hydrogen) atoms. The summed E-state index contributed by atoms with van der Waals surface area (Å²) in [5.74, 6) is 6.77. The number of hydrogen-bond acceptors (Lipinski definition) is 3. The number of ether oxygens (including phenoxy) is 2. The quantitative estimate of drug-likeness (QED) is 0.475. The lowest BCUT2D eigenvalue weighted by Gasteiger charge is -2.11. The van der Waals surface area contributed by atoms with Crippen molar-refractivity contribution in [2.24, 2.45) is 11.8 Å². The molecule has 1 fully saturated rings. The van der Waals surface area contributed by atoms with E-state index >= 15 is 0 Å². The average molecular weight is 258 g/mol. The first kappa shape index (κ1) is 13.5. The molecule has 100 valence electrons. The molecule has 1 saturated carbocycles. The third-order valence-corrected chi connectivity index (χ3v) is 3.33. The van der Waals surface area contributed by atoms with Gasteiger partial charge in [-0.15, -0.1) is 0 Å². The molecule has 3 nitrogen and oxygen atoms in total. The zero-order valence-electron chi connectivity index (χ0n) is 11.1. The Kier molecular flexibility index (Phi) is 4.85. The van der Waals surface area contributed by atoms with Crippen molar-refractivity contribution < 1.29 is 14.3 Å². The fourth-order valence-corrected chi connectivity index (χ4v) is 2.30. The Labute approximate surface area is 113 Å².